The van der Waals surface area contributed by atoms with Gasteiger partial charge in [-0.3, -0.25) is 14.5 Å². The van der Waals surface area contributed by atoms with Gasteiger partial charge in [0.05, 0.1) is 18.2 Å². The molecule has 35 heavy (non-hydrogen) atoms. The number of benzene rings is 1. The van der Waals surface area contributed by atoms with Gasteiger partial charge in [0.1, 0.15) is 17.4 Å². The Balaban J connectivity index is 1.59. The Bertz CT molecular complexity index is 1410. The van der Waals surface area contributed by atoms with Gasteiger partial charge in [0, 0.05) is 24.3 Å². The summed E-state index contributed by atoms with van der Waals surface area (Å²) < 4.78 is 1.63. The lowest BCUT2D eigenvalue weighted by molar-refractivity contribution is -0.120. The molecule has 0 saturated carbocycles. The number of aromatic nitrogens is 3. The third-order valence-electron chi connectivity index (χ3n) is 5.85. The number of aryl methyl sites for hydroxylation is 2. The van der Waals surface area contributed by atoms with Crippen molar-refractivity contribution in [1.29, 1.82) is 0 Å². The minimum atomic E-state index is -0.984. The Hall–Kier alpha value is -3.81. The third-order valence-corrected chi connectivity index (χ3v) is 6.57. The lowest BCUT2D eigenvalue weighted by atomic mass is 10.0. The number of thiocarbonyl (C=S) groups is 1. The Labute approximate surface area is 213 Å². The van der Waals surface area contributed by atoms with E-state index in [1.165, 1.54) is 17.3 Å². The van der Waals surface area contributed by atoms with E-state index in [0.717, 1.165) is 0 Å². The van der Waals surface area contributed by atoms with Crippen molar-refractivity contribution in [2.24, 2.45) is 7.05 Å². The first-order chi connectivity index (χ1) is 16.6. The van der Waals surface area contributed by atoms with Gasteiger partial charge in [-0.05, 0) is 62.3 Å². The predicted molar refractivity (Wildman–Crippen MR) is 138 cm³/mol. The van der Waals surface area contributed by atoms with Crippen molar-refractivity contribution in [1.82, 2.24) is 19.9 Å². The summed E-state index contributed by atoms with van der Waals surface area (Å²) in [5.74, 6) is -0.204. The van der Waals surface area contributed by atoms with E-state index in [0.29, 0.717) is 33.2 Å². The van der Waals surface area contributed by atoms with Crippen LogP contribution in [0.5, 0.6) is 0 Å². The molecule has 1 fully saturated rings. The number of nitrogens with zero attached hydrogens (tertiary/aromatic N) is 6. The predicted octanol–water partition coefficient (Wildman–Crippen LogP) is 4.17. The molecule has 178 valence electrons. The molecule has 0 bridgehead atoms. The van der Waals surface area contributed by atoms with E-state index in [2.05, 4.69) is 20.1 Å². The smallest absolute Gasteiger partial charge is 0.272 e. The Morgan fingerprint density at radius 1 is 1.26 bits per heavy atom. The highest BCUT2D eigenvalue weighted by molar-refractivity contribution is 7.81. The van der Waals surface area contributed by atoms with Gasteiger partial charge in [0.25, 0.3) is 17.6 Å². The number of carbonyl (C=O) groups excluding carboxylic acids is 2. The van der Waals surface area contributed by atoms with Crippen LogP contribution in [0.2, 0.25) is 5.02 Å². The first-order valence-corrected chi connectivity index (χ1v) is 11.4. The van der Waals surface area contributed by atoms with Crippen LogP contribution < -0.4 is 15.1 Å². The summed E-state index contributed by atoms with van der Waals surface area (Å²) >= 11 is 12.3. The molecule has 2 aromatic heterocycles. The largest absolute Gasteiger partial charge is 0.360 e. The van der Waals surface area contributed by atoms with Crippen LogP contribution >= 0.6 is 23.8 Å². The lowest BCUT2D eigenvalue weighted by Crippen LogP contribution is -2.44. The maximum absolute atomic E-state index is 13.4. The second-order valence-electron chi connectivity index (χ2n) is 8.61. The highest BCUT2D eigenvalue weighted by Gasteiger charge is 2.50. The standard InChI is InChI=1S/C24H22ClN7O2S/c1-14-8-17(11-28-20(14)26-4)31-22(34)24(2,3)32(23(31)35)16-7-6-15(18(25)9-16)10-29-21(33)19-12-27-13-30(19)5/h6-9,11-13H,10H2,1-3,5H3,(H,29,33). The number of halogens is 1. The Morgan fingerprint density at radius 3 is 2.60 bits per heavy atom. The van der Waals surface area contributed by atoms with E-state index in [4.69, 9.17) is 30.4 Å². The van der Waals surface area contributed by atoms with E-state index in [1.807, 2.05) is 6.07 Å². The summed E-state index contributed by atoms with van der Waals surface area (Å²) in [6.07, 6.45) is 4.52. The van der Waals surface area contributed by atoms with Crippen molar-refractivity contribution < 1.29 is 9.59 Å². The first-order valence-electron chi connectivity index (χ1n) is 10.6. The summed E-state index contributed by atoms with van der Waals surface area (Å²) in [6.45, 7) is 12.8. The van der Waals surface area contributed by atoms with Crippen molar-refractivity contribution >= 4 is 57.9 Å². The van der Waals surface area contributed by atoms with Gasteiger partial charge >= 0.3 is 0 Å². The normalized spacial score (nSPS) is 14.9. The molecule has 0 aliphatic carbocycles. The van der Waals surface area contributed by atoms with Crippen LogP contribution in [-0.2, 0) is 18.4 Å². The summed E-state index contributed by atoms with van der Waals surface area (Å²) in [6, 6.07) is 7.06. The topological polar surface area (TPSA) is 87.7 Å². The lowest BCUT2D eigenvalue weighted by Gasteiger charge is -2.29. The molecule has 0 atom stereocenters. The highest BCUT2D eigenvalue weighted by Crippen LogP contribution is 2.38. The monoisotopic (exact) mass is 507 g/mol. The van der Waals surface area contributed by atoms with Gasteiger partial charge in [-0.2, -0.15) is 0 Å². The minimum absolute atomic E-state index is 0.220. The van der Waals surface area contributed by atoms with E-state index < -0.39 is 5.54 Å². The van der Waals surface area contributed by atoms with Crippen LogP contribution in [0.1, 0.15) is 35.5 Å². The number of hydrogen-bond acceptors (Lipinski definition) is 5. The number of anilines is 2. The second-order valence-corrected chi connectivity index (χ2v) is 9.38. The van der Waals surface area contributed by atoms with Gasteiger partial charge in [-0.25, -0.2) is 4.98 Å². The number of pyridine rings is 1. The molecule has 11 heteroatoms. The van der Waals surface area contributed by atoms with Gasteiger partial charge in [0.2, 0.25) is 0 Å². The Morgan fingerprint density at radius 2 is 2.00 bits per heavy atom. The van der Waals surface area contributed by atoms with Crippen molar-refractivity contribution in [3.63, 3.8) is 0 Å². The fourth-order valence-corrected chi connectivity index (χ4v) is 4.67. The van der Waals surface area contributed by atoms with Crippen LogP contribution in [-0.4, -0.2) is 37.0 Å². The van der Waals surface area contributed by atoms with E-state index in [1.54, 1.807) is 61.8 Å². The summed E-state index contributed by atoms with van der Waals surface area (Å²) in [5.41, 5.74) is 1.97. The van der Waals surface area contributed by atoms with Crippen LogP contribution in [0, 0.1) is 13.5 Å². The molecule has 1 aliphatic rings. The number of nitrogens with one attached hydrogen (secondary N) is 1. The zero-order chi connectivity index (χ0) is 25.5. The van der Waals surface area contributed by atoms with Gasteiger partial charge in [-0.1, -0.05) is 24.2 Å². The third kappa shape index (κ3) is 4.24. The molecule has 1 aliphatic heterocycles. The zero-order valence-corrected chi connectivity index (χ0v) is 21.1. The molecule has 1 saturated heterocycles. The maximum Gasteiger partial charge on any atom is 0.272 e. The fraction of sp³-hybridized carbons (Fsp3) is 0.250. The van der Waals surface area contributed by atoms with Crippen LogP contribution in [0.3, 0.4) is 0 Å². The molecule has 0 unspecified atom stereocenters. The number of carbonyl (C=O) groups is 2. The summed E-state index contributed by atoms with van der Waals surface area (Å²) in [5, 5.41) is 3.54. The highest BCUT2D eigenvalue weighted by atomic mass is 35.5. The van der Waals surface area contributed by atoms with Crippen LogP contribution in [0.25, 0.3) is 4.85 Å². The molecule has 4 rings (SSSR count). The number of imidazole rings is 1. The van der Waals surface area contributed by atoms with Crippen LogP contribution in [0.15, 0.2) is 43.0 Å². The van der Waals surface area contributed by atoms with Gasteiger partial charge in [0.15, 0.2) is 5.11 Å². The molecule has 1 N–H and O–H groups in total. The summed E-state index contributed by atoms with van der Waals surface area (Å²) in [7, 11) is 1.74. The van der Waals surface area contributed by atoms with Crippen molar-refractivity contribution in [3.8, 4) is 0 Å². The SMILES string of the molecule is [C-]#[N+]c1ncc(N2C(=O)C(C)(C)N(c3ccc(CNC(=O)c4cncn4C)c(Cl)c3)C2=S)cc1C. The molecular weight excluding hydrogens is 486 g/mol. The first kappa shape index (κ1) is 24.3. The van der Waals surface area contributed by atoms with Crippen LogP contribution in [0.4, 0.5) is 17.2 Å². The van der Waals surface area contributed by atoms with Gasteiger partial charge < -0.3 is 19.6 Å². The van der Waals surface area contributed by atoms with E-state index >= 15 is 0 Å². The van der Waals surface area contributed by atoms with Gasteiger partial charge in [-0.15, -0.1) is 4.98 Å². The molecule has 2 amide bonds. The van der Waals surface area contributed by atoms with Crippen molar-refractivity contribution in [3.05, 3.63) is 76.2 Å². The molecule has 3 aromatic rings. The zero-order valence-electron chi connectivity index (χ0n) is 19.5. The van der Waals surface area contributed by atoms with Crippen molar-refractivity contribution in [2.45, 2.75) is 32.9 Å². The number of amides is 2. The molecule has 3 heterocycles. The quantitative estimate of drug-likeness (QED) is 0.412. The molecular formula is C24H22ClN7O2S. The average molecular weight is 508 g/mol. The molecule has 9 nitrogen and oxygen atoms in total. The number of rotatable bonds is 5. The minimum Gasteiger partial charge on any atom is -0.360 e. The maximum atomic E-state index is 13.4. The Kier molecular flexibility index (Phi) is 6.32. The number of hydrogen-bond donors (Lipinski definition) is 1. The molecule has 1 aromatic carbocycles. The second kappa shape index (κ2) is 9.09. The average Bonchev–Trinajstić information content (AvgIpc) is 3.31. The molecule has 0 radical (unpaired) electrons. The van der Waals surface area contributed by atoms with E-state index in [9.17, 15) is 9.59 Å². The fourth-order valence-electron chi connectivity index (χ4n) is 3.91. The molecule has 0 spiro atoms. The summed E-state index contributed by atoms with van der Waals surface area (Å²) in [4.78, 5) is 40.4. The van der Waals surface area contributed by atoms with Crippen molar-refractivity contribution in [2.75, 3.05) is 9.80 Å². The van der Waals surface area contributed by atoms with E-state index in [-0.39, 0.29) is 29.3 Å².